The molecular weight excluding hydrogens is 849 g/mol. The Morgan fingerprint density at radius 1 is 0.578 bits per heavy atom. The molecule has 12 nitrogen and oxygen atoms in total. The first-order valence-corrected chi connectivity index (χ1v) is 24.6. The molecule has 0 spiro atoms. The molecule has 64 heavy (non-hydrogen) atoms. The molecule has 2 atom stereocenters. The summed E-state index contributed by atoms with van der Waals surface area (Å²) in [6.07, 6.45) is 7.00. The van der Waals surface area contributed by atoms with E-state index in [4.69, 9.17) is 4.74 Å². The van der Waals surface area contributed by atoms with E-state index in [9.17, 15) is 31.5 Å². The van der Waals surface area contributed by atoms with Gasteiger partial charge in [-0.25, -0.2) is 16.8 Å². The summed E-state index contributed by atoms with van der Waals surface area (Å²) in [6, 6.07) is 31.6. The van der Waals surface area contributed by atoms with E-state index in [-0.39, 0.29) is 42.9 Å². The predicted octanol–water partition coefficient (Wildman–Crippen LogP) is 9.39. The molecule has 6 aromatic rings. The SMILES string of the molecule is CC(C)C[C@H](C(=O)O)N(Cc1cccnc1)S(=O)(=O)Cc1ccc2ccccc2c1.CC(C)C[C@H](C(=O)OC(C)(C)C)N(Cc1cccnc1)S(=O)(=O)Cc1ccc2ccccc2c1. The molecule has 0 radical (unpaired) electrons. The lowest BCUT2D eigenvalue weighted by atomic mass is 10.0. The largest absolute Gasteiger partial charge is 0.480 e. The molecular formula is C50H60N4O8S2. The van der Waals surface area contributed by atoms with Crippen LogP contribution in [-0.4, -0.2) is 70.1 Å². The maximum absolute atomic E-state index is 13.8. The minimum atomic E-state index is -3.91. The summed E-state index contributed by atoms with van der Waals surface area (Å²) in [5.74, 6) is -2.04. The normalized spacial score (nSPS) is 13.2. The van der Waals surface area contributed by atoms with Crippen LogP contribution < -0.4 is 0 Å². The number of carboxylic acid groups (broad SMARTS) is 1. The van der Waals surface area contributed by atoms with Gasteiger partial charge in [0.1, 0.15) is 17.7 Å². The third kappa shape index (κ3) is 14.5. The van der Waals surface area contributed by atoms with Gasteiger partial charge in [-0.2, -0.15) is 8.61 Å². The van der Waals surface area contributed by atoms with E-state index in [0.29, 0.717) is 28.7 Å². The maximum Gasteiger partial charge on any atom is 0.324 e. The average molecular weight is 909 g/mol. The molecule has 2 aromatic heterocycles. The zero-order chi connectivity index (χ0) is 46.7. The van der Waals surface area contributed by atoms with Crippen LogP contribution in [0.15, 0.2) is 134 Å². The monoisotopic (exact) mass is 908 g/mol. The number of sulfonamides is 2. The predicted molar refractivity (Wildman–Crippen MR) is 253 cm³/mol. The van der Waals surface area contributed by atoms with Crippen LogP contribution in [-0.2, 0) is 59.0 Å². The number of aliphatic carboxylic acids is 1. The van der Waals surface area contributed by atoms with Gasteiger partial charge < -0.3 is 9.84 Å². The molecule has 4 aromatic carbocycles. The molecule has 1 N–H and O–H groups in total. The Morgan fingerprint density at radius 3 is 1.36 bits per heavy atom. The van der Waals surface area contributed by atoms with Crippen LogP contribution in [0, 0.1) is 11.8 Å². The van der Waals surface area contributed by atoms with Crippen molar-refractivity contribution in [3.8, 4) is 0 Å². The quantitative estimate of drug-likeness (QED) is 0.0822. The highest BCUT2D eigenvalue weighted by Crippen LogP contribution is 2.27. The minimum absolute atomic E-state index is 0.0263. The minimum Gasteiger partial charge on any atom is -0.480 e. The van der Waals surface area contributed by atoms with Gasteiger partial charge in [0.15, 0.2) is 0 Å². The second-order valence-corrected chi connectivity index (χ2v) is 21.7. The first-order chi connectivity index (χ1) is 30.2. The summed E-state index contributed by atoms with van der Waals surface area (Å²) in [6.45, 7) is 13.1. The van der Waals surface area contributed by atoms with E-state index in [2.05, 4.69) is 9.97 Å². The fraction of sp³-hybridized carbons (Fsp3) is 0.360. The first kappa shape index (κ1) is 49.5. The Hall–Kier alpha value is -5.54. The molecule has 0 unspecified atom stereocenters. The molecule has 0 aliphatic rings. The molecule has 0 aliphatic carbocycles. The number of hydrogen-bond donors (Lipinski definition) is 1. The van der Waals surface area contributed by atoms with Crippen molar-refractivity contribution in [3.05, 3.63) is 156 Å². The van der Waals surface area contributed by atoms with Gasteiger partial charge in [-0.1, -0.05) is 125 Å². The highest BCUT2D eigenvalue weighted by atomic mass is 32.2. The zero-order valence-corrected chi connectivity index (χ0v) is 39.3. The molecule has 0 saturated carbocycles. The number of carboxylic acids is 1. The zero-order valence-electron chi connectivity index (χ0n) is 37.7. The van der Waals surface area contributed by atoms with Crippen molar-refractivity contribution >= 4 is 53.5 Å². The van der Waals surface area contributed by atoms with Crippen LogP contribution in [0.25, 0.3) is 21.5 Å². The lowest BCUT2D eigenvalue weighted by Gasteiger charge is -2.33. The summed E-state index contributed by atoms with van der Waals surface area (Å²) in [7, 11) is -7.79. The van der Waals surface area contributed by atoms with Crippen molar-refractivity contribution in [2.45, 2.75) is 104 Å². The van der Waals surface area contributed by atoms with Gasteiger partial charge in [-0.05, 0) is 101 Å². The number of carbonyl (C=O) groups is 2. The van der Waals surface area contributed by atoms with Crippen LogP contribution in [0.2, 0.25) is 0 Å². The standard InChI is InChI=1S/C27H34N2O4S.C23H26N2O4S/c1-20(2)15-25(26(30)33-27(3,4)5)29(18-22-9-8-14-28-17-22)34(31,32)19-21-12-13-23-10-6-7-11-24(23)16-21;1-17(2)12-22(23(26)27)25(15-19-6-5-11-24-14-19)30(28,29)16-18-9-10-20-7-3-4-8-21(20)13-18/h6-14,16-17,20,25H,15,18-19H2,1-5H3;3-11,13-14,17,22H,12,15-16H2,1-2H3,(H,26,27)/t25-;22-/m11/s1. The van der Waals surface area contributed by atoms with Crippen molar-refractivity contribution in [2.75, 3.05) is 0 Å². The third-order valence-electron chi connectivity index (χ3n) is 10.2. The smallest absolute Gasteiger partial charge is 0.324 e. The second-order valence-electron chi connectivity index (χ2n) is 17.9. The number of carbonyl (C=O) groups excluding carboxylic acids is 1. The van der Waals surface area contributed by atoms with Gasteiger partial charge in [-0.15, -0.1) is 0 Å². The van der Waals surface area contributed by atoms with Crippen LogP contribution >= 0.6 is 0 Å². The van der Waals surface area contributed by atoms with Gasteiger partial charge >= 0.3 is 11.9 Å². The van der Waals surface area contributed by atoms with Crippen molar-refractivity contribution in [3.63, 3.8) is 0 Å². The van der Waals surface area contributed by atoms with Gasteiger partial charge in [-0.3, -0.25) is 19.6 Å². The fourth-order valence-electron chi connectivity index (χ4n) is 7.33. The lowest BCUT2D eigenvalue weighted by Crippen LogP contribution is -2.48. The first-order valence-electron chi connectivity index (χ1n) is 21.4. The molecule has 0 amide bonds. The van der Waals surface area contributed by atoms with Gasteiger partial charge in [0.05, 0.1) is 11.5 Å². The van der Waals surface area contributed by atoms with E-state index >= 15 is 0 Å². The summed E-state index contributed by atoms with van der Waals surface area (Å²) in [4.78, 5) is 33.4. The van der Waals surface area contributed by atoms with Gasteiger partial charge in [0.25, 0.3) is 0 Å². The third-order valence-corrected chi connectivity index (χ3v) is 13.8. The van der Waals surface area contributed by atoms with Crippen molar-refractivity contribution in [2.24, 2.45) is 11.8 Å². The van der Waals surface area contributed by atoms with E-state index < -0.39 is 49.7 Å². The van der Waals surface area contributed by atoms with Gasteiger partial charge in [0, 0.05) is 37.9 Å². The Morgan fingerprint density at radius 2 is 0.984 bits per heavy atom. The highest BCUT2D eigenvalue weighted by Gasteiger charge is 2.39. The summed E-state index contributed by atoms with van der Waals surface area (Å²) < 4.78 is 62.6. The molecule has 6 rings (SSSR count). The van der Waals surface area contributed by atoms with E-state index in [1.54, 1.807) is 69.8 Å². The topological polar surface area (TPSA) is 164 Å². The number of ether oxygens (including phenoxy) is 1. The Kier molecular flexibility index (Phi) is 16.9. The fourth-order valence-corrected chi connectivity index (χ4v) is 10.7. The second kappa shape index (κ2) is 21.9. The molecule has 0 bridgehead atoms. The van der Waals surface area contributed by atoms with Gasteiger partial charge in [0.2, 0.25) is 20.0 Å². The van der Waals surface area contributed by atoms with Crippen molar-refractivity contribution in [1.29, 1.82) is 0 Å². The summed E-state index contributed by atoms with van der Waals surface area (Å²) >= 11 is 0. The molecule has 340 valence electrons. The highest BCUT2D eigenvalue weighted by molar-refractivity contribution is 7.88. The average Bonchev–Trinajstić information content (AvgIpc) is 3.23. The number of nitrogens with zero attached hydrogens (tertiary/aromatic N) is 4. The number of hydrogen-bond acceptors (Lipinski definition) is 9. The number of benzene rings is 4. The molecule has 0 saturated heterocycles. The van der Waals surface area contributed by atoms with E-state index in [0.717, 1.165) is 25.9 Å². The molecule has 2 heterocycles. The Labute approximate surface area is 378 Å². The molecule has 0 aliphatic heterocycles. The number of pyridine rings is 2. The molecule has 0 fully saturated rings. The summed E-state index contributed by atoms with van der Waals surface area (Å²) in [5.41, 5.74) is 1.92. The van der Waals surface area contributed by atoms with Crippen LogP contribution in [0.3, 0.4) is 0 Å². The van der Waals surface area contributed by atoms with E-state index in [1.165, 1.54) is 4.31 Å². The summed E-state index contributed by atoms with van der Waals surface area (Å²) in [5, 5.41) is 13.8. The Balaban J connectivity index is 0.000000243. The van der Waals surface area contributed by atoms with Crippen molar-refractivity contribution < 1.29 is 36.3 Å². The number of esters is 1. The van der Waals surface area contributed by atoms with Crippen LogP contribution in [0.1, 0.15) is 83.6 Å². The van der Waals surface area contributed by atoms with E-state index in [1.807, 2.05) is 113 Å². The van der Waals surface area contributed by atoms with Crippen LogP contribution in [0.4, 0.5) is 0 Å². The number of fused-ring (bicyclic) bond motifs is 2. The molecule has 14 heteroatoms. The lowest BCUT2D eigenvalue weighted by molar-refractivity contribution is -0.160. The van der Waals surface area contributed by atoms with Crippen molar-refractivity contribution in [1.82, 2.24) is 18.6 Å². The van der Waals surface area contributed by atoms with Crippen LogP contribution in [0.5, 0.6) is 0 Å². The number of rotatable bonds is 18. The number of aromatic nitrogens is 2. The Bertz CT molecular complexity index is 2710. The maximum atomic E-state index is 13.8.